The highest BCUT2D eigenvalue weighted by Crippen LogP contribution is 2.16. The number of nitrogens with zero attached hydrogens (tertiary/aromatic N) is 3. The van der Waals surface area contributed by atoms with Gasteiger partial charge >= 0.3 is 0 Å². The van der Waals surface area contributed by atoms with Gasteiger partial charge in [0.25, 0.3) is 0 Å². The third kappa shape index (κ3) is 6.51. The van der Waals surface area contributed by atoms with Crippen LogP contribution in [0, 0.1) is 12.3 Å². The number of piperazine rings is 1. The SMILES string of the molecule is CCNC(=O)C(C)(C)CN=C(NCC)N1CCN(Cc2cccc(C)c2)CC1. The fraction of sp³-hybridized carbons (Fsp3) is 0.636. The van der Waals surface area contributed by atoms with Crippen LogP contribution in [0.2, 0.25) is 0 Å². The summed E-state index contributed by atoms with van der Waals surface area (Å²) in [7, 11) is 0. The highest BCUT2D eigenvalue weighted by atomic mass is 16.2. The van der Waals surface area contributed by atoms with Gasteiger partial charge in [0, 0.05) is 45.8 Å². The van der Waals surface area contributed by atoms with Crippen LogP contribution in [0.4, 0.5) is 0 Å². The number of benzene rings is 1. The molecule has 6 nitrogen and oxygen atoms in total. The molecule has 1 aliphatic heterocycles. The molecule has 0 saturated carbocycles. The Morgan fingerprint density at radius 2 is 1.79 bits per heavy atom. The summed E-state index contributed by atoms with van der Waals surface area (Å²) in [6.45, 7) is 16.9. The molecule has 0 atom stereocenters. The van der Waals surface area contributed by atoms with Crippen LogP contribution in [0.5, 0.6) is 0 Å². The molecule has 6 heteroatoms. The van der Waals surface area contributed by atoms with Gasteiger partial charge in [0.2, 0.25) is 5.91 Å². The van der Waals surface area contributed by atoms with Gasteiger partial charge in [-0.2, -0.15) is 0 Å². The van der Waals surface area contributed by atoms with E-state index in [0.717, 1.165) is 45.2 Å². The second-order valence-electron chi connectivity index (χ2n) is 8.17. The van der Waals surface area contributed by atoms with Gasteiger partial charge in [-0.15, -0.1) is 0 Å². The Labute approximate surface area is 170 Å². The van der Waals surface area contributed by atoms with Crippen LogP contribution < -0.4 is 10.6 Å². The lowest BCUT2D eigenvalue weighted by molar-refractivity contribution is -0.128. The van der Waals surface area contributed by atoms with Gasteiger partial charge in [-0.1, -0.05) is 29.8 Å². The molecular weight excluding hydrogens is 350 g/mol. The quantitative estimate of drug-likeness (QED) is 0.556. The van der Waals surface area contributed by atoms with E-state index in [-0.39, 0.29) is 5.91 Å². The van der Waals surface area contributed by atoms with Crippen molar-refractivity contribution in [2.75, 3.05) is 45.8 Å². The molecular formula is C22H37N5O. The number of hydrogen-bond donors (Lipinski definition) is 2. The molecule has 0 aliphatic carbocycles. The molecule has 2 rings (SSSR count). The van der Waals surface area contributed by atoms with Crippen molar-refractivity contribution in [1.29, 1.82) is 0 Å². The number of hydrogen-bond acceptors (Lipinski definition) is 3. The van der Waals surface area contributed by atoms with Crippen molar-refractivity contribution in [3.8, 4) is 0 Å². The Morgan fingerprint density at radius 3 is 2.39 bits per heavy atom. The molecule has 0 bridgehead atoms. The van der Waals surface area contributed by atoms with E-state index in [2.05, 4.69) is 58.5 Å². The number of aryl methyl sites for hydroxylation is 1. The van der Waals surface area contributed by atoms with Crippen molar-refractivity contribution in [2.45, 2.75) is 41.2 Å². The summed E-state index contributed by atoms with van der Waals surface area (Å²) in [5.74, 6) is 0.965. The van der Waals surface area contributed by atoms with Gasteiger partial charge in [-0.3, -0.25) is 14.7 Å². The maximum Gasteiger partial charge on any atom is 0.227 e. The van der Waals surface area contributed by atoms with Crippen molar-refractivity contribution in [3.05, 3.63) is 35.4 Å². The lowest BCUT2D eigenvalue weighted by Gasteiger charge is -2.37. The van der Waals surface area contributed by atoms with Crippen molar-refractivity contribution in [2.24, 2.45) is 10.4 Å². The van der Waals surface area contributed by atoms with Crippen LogP contribution in [0.3, 0.4) is 0 Å². The van der Waals surface area contributed by atoms with Gasteiger partial charge in [0.1, 0.15) is 0 Å². The van der Waals surface area contributed by atoms with Crippen molar-refractivity contribution < 1.29 is 4.79 Å². The Morgan fingerprint density at radius 1 is 1.11 bits per heavy atom. The van der Waals surface area contributed by atoms with Crippen molar-refractivity contribution >= 4 is 11.9 Å². The molecule has 1 saturated heterocycles. The fourth-order valence-electron chi connectivity index (χ4n) is 3.36. The van der Waals surface area contributed by atoms with E-state index in [1.807, 2.05) is 20.8 Å². The van der Waals surface area contributed by atoms with E-state index in [4.69, 9.17) is 4.99 Å². The summed E-state index contributed by atoms with van der Waals surface area (Å²) < 4.78 is 0. The number of guanidine groups is 1. The lowest BCUT2D eigenvalue weighted by atomic mass is 9.92. The number of carbonyl (C=O) groups excluding carboxylic acids is 1. The molecule has 1 amide bonds. The first-order valence-corrected chi connectivity index (χ1v) is 10.4. The first kappa shape index (κ1) is 22.2. The number of nitrogens with one attached hydrogen (secondary N) is 2. The molecule has 1 fully saturated rings. The summed E-state index contributed by atoms with van der Waals surface area (Å²) in [5, 5.41) is 6.30. The summed E-state index contributed by atoms with van der Waals surface area (Å²) in [5.41, 5.74) is 2.18. The van der Waals surface area contributed by atoms with Gasteiger partial charge in [0.15, 0.2) is 5.96 Å². The minimum Gasteiger partial charge on any atom is -0.357 e. The van der Waals surface area contributed by atoms with Gasteiger partial charge in [-0.25, -0.2) is 0 Å². The molecule has 0 aromatic heterocycles. The second kappa shape index (κ2) is 10.5. The summed E-state index contributed by atoms with van der Waals surface area (Å²) in [6.07, 6.45) is 0. The van der Waals surface area contributed by atoms with Gasteiger partial charge in [-0.05, 0) is 40.2 Å². The average Bonchev–Trinajstić information content (AvgIpc) is 2.66. The maximum atomic E-state index is 12.2. The average molecular weight is 388 g/mol. The molecule has 28 heavy (non-hydrogen) atoms. The molecule has 0 radical (unpaired) electrons. The molecule has 1 aromatic carbocycles. The summed E-state index contributed by atoms with van der Waals surface area (Å²) in [4.78, 5) is 21.8. The molecule has 1 aliphatic rings. The van der Waals surface area contributed by atoms with Crippen LogP contribution in [-0.2, 0) is 11.3 Å². The Kier molecular flexibility index (Phi) is 8.30. The highest BCUT2D eigenvalue weighted by molar-refractivity contribution is 5.83. The van der Waals surface area contributed by atoms with Crippen LogP contribution in [0.1, 0.15) is 38.8 Å². The monoisotopic (exact) mass is 387 g/mol. The number of carbonyl (C=O) groups is 1. The van der Waals surface area contributed by atoms with E-state index < -0.39 is 5.41 Å². The zero-order valence-corrected chi connectivity index (χ0v) is 18.2. The fourth-order valence-corrected chi connectivity index (χ4v) is 3.36. The number of amides is 1. The van der Waals surface area contributed by atoms with Crippen LogP contribution in [0.25, 0.3) is 0 Å². The topological polar surface area (TPSA) is 60.0 Å². The van der Waals surface area contributed by atoms with E-state index in [9.17, 15) is 4.79 Å². The van der Waals surface area contributed by atoms with Crippen molar-refractivity contribution in [1.82, 2.24) is 20.4 Å². The molecule has 156 valence electrons. The minimum atomic E-state index is -0.510. The normalized spacial score (nSPS) is 16.2. The largest absolute Gasteiger partial charge is 0.357 e. The number of rotatable bonds is 7. The van der Waals surface area contributed by atoms with E-state index in [1.54, 1.807) is 0 Å². The van der Waals surface area contributed by atoms with Crippen molar-refractivity contribution in [3.63, 3.8) is 0 Å². The molecule has 2 N–H and O–H groups in total. The first-order chi connectivity index (χ1) is 13.4. The molecule has 0 unspecified atom stereocenters. The smallest absolute Gasteiger partial charge is 0.227 e. The lowest BCUT2D eigenvalue weighted by Crippen LogP contribution is -2.52. The second-order valence-corrected chi connectivity index (χ2v) is 8.17. The highest BCUT2D eigenvalue weighted by Gasteiger charge is 2.28. The van der Waals surface area contributed by atoms with Gasteiger partial charge in [0.05, 0.1) is 12.0 Å². The van der Waals surface area contributed by atoms with E-state index in [0.29, 0.717) is 13.1 Å². The zero-order chi connectivity index (χ0) is 20.6. The Balaban J connectivity index is 1.93. The molecule has 1 aromatic rings. The van der Waals surface area contributed by atoms with E-state index in [1.165, 1.54) is 11.1 Å². The summed E-state index contributed by atoms with van der Waals surface area (Å²) >= 11 is 0. The third-order valence-electron chi connectivity index (χ3n) is 5.07. The summed E-state index contributed by atoms with van der Waals surface area (Å²) in [6, 6.07) is 8.74. The standard InChI is InChI=1S/C22H37N5O/c1-6-23-20(28)22(4,5)17-25-21(24-7-2)27-13-11-26(12-14-27)16-19-10-8-9-18(3)15-19/h8-10,15H,6-7,11-14,16-17H2,1-5H3,(H,23,28)(H,24,25). The molecule has 0 spiro atoms. The van der Waals surface area contributed by atoms with Crippen LogP contribution in [-0.4, -0.2) is 67.5 Å². The predicted molar refractivity (Wildman–Crippen MR) is 116 cm³/mol. The first-order valence-electron chi connectivity index (χ1n) is 10.4. The Hall–Kier alpha value is -2.08. The maximum absolute atomic E-state index is 12.2. The van der Waals surface area contributed by atoms with E-state index >= 15 is 0 Å². The number of aliphatic imine (C=N–C) groups is 1. The third-order valence-corrected chi connectivity index (χ3v) is 5.07. The Bertz CT molecular complexity index is 663. The van der Waals surface area contributed by atoms with Crippen LogP contribution >= 0.6 is 0 Å². The minimum absolute atomic E-state index is 0.0533. The predicted octanol–water partition coefficient (Wildman–Crippen LogP) is 2.24. The molecule has 1 heterocycles. The van der Waals surface area contributed by atoms with Crippen LogP contribution in [0.15, 0.2) is 29.3 Å². The van der Waals surface area contributed by atoms with Gasteiger partial charge < -0.3 is 15.5 Å². The zero-order valence-electron chi connectivity index (χ0n) is 18.2.